The van der Waals surface area contributed by atoms with Crippen molar-refractivity contribution < 1.29 is 22.7 Å². The van der Waals surface area contributed by atoms with Crippen LogP contribution in [0.2, 0.25) is 0 Å². The van der Waals surface area contributed by atoms with Crippen molar-refractivity contribution in [2.75, 3.05) is 32.8 Å². The lowest BCUT2D eigenvalue weighted by Gasteiger charge is -2.32. The summed E-state index contributed by atoms with van der Waals surface area (Å²) < 4.78 is 41.9. The normalized spacial score (nSPS) is 27.8. The molecule has 2 aliphatic rings. The van der Waals surface area contributed by atoms with Crippen molar-refractivity contribution in [3.8, 4) is 0 Å². The molecule has 21 heavy (non-hydrogen) atoms. The predicted molar refractivity (Wildman–Crippen MR) is 71.8 cm³/mol. The van der Waals surface area contributed by atoms with Crippen molar-refractivity contribution in [3.05, 3.63) is 0 Å². The Hall–Kier alpha value is -0.820. The molecule has 0 bridgehead atoms. The fraction of sp³-hybridized carbons (Fsp3) is 0.929. The first kappa shape index (κ1) is 16.5. The zero-order valence-electron chi connectivity index (χ0n) is 12.1. The number of alkyl halides is 3. The second kappa shape index (κ2) is 7.45. The van der Waals surface area contributed by atoms with E-state index in [-0.39, 0.29) is 5.92 Å². The third-order valence-corrected chi connectivity index (χ3v) is 4.13. The summed E-state index contributed by atoms with van der Waals surface area (Å²) in [5, 5.41) is 1.99. The van der Waals surface area contributed by atoms with E-state index in [1.54, 1.807) is 0 Å². The second-order valence-electron chi connectivity index (χ2n) is 5.90. The van der Waals surface area contributed by atoms with E-state index in [2.05, 4.69) is 4.90 Å². The van der Waals surface area contributed by atoms with Crippen LogP contribution in [0.5, 0.6) is 0 Å². The average molecular weight is 308 g/mol. The van der Waals surface area contributed by atoms with Crippen LogP contribution in [0.1, 0.15) is 32.1 Å². The minimum atomic E-state index is -4.34. The molecule has 122 valence electrons. The predicted octanol–water partition coefficient (Wildman–Crippen LogP) is 1.95. The monoisotopic (exact) mass is 308 g/mol. The van der Waals surface area contributed by atoms with Crippen molar-refractivity contribution >= 4 is 5.91 Å². The highest BCUT2D eigenvalue weighted by molar-refractivity contribution is 5.79. The lowest BCUT2D eigenvalue weighted by Crippen LogP contribution is -2.45. The molecular weight excluding hydrogens is 285 g/mol. The van der Waals surface area contributed by atoms with Gasteiger partial charge in [-0.05, 0) is 38.6 Å². The minimum Gasteiger partial charge on any atom is -0.378 e. The quantitative estimate of drug-likeness (QED) is 0.844. The van der Waals surface area contributed by atoms with Crippen LogP contribution in [0.25, 0.3) is 0 Å². The van der Waals surface area contributed by atoms with E-state index in [1.165, 1.54) is 0 Å². The molecule has 1 amide bonds. The zero-order valence-corrected chi connectivity index (χ0v) is 12.1. The molecule has 0 aliphatic carbocycles. The smallest absolute Gasteiger partial charge is 0.378 e. The van der Waals surface area contributed by atoms with E-state index in [4.69, 9.17) is 4.74 Å². The van der Waals surface area contributed by atoms with Crippen LogP contribution in [0.3, 0.4) is 0 Å². The minimum absolute atomic E-state index is 0.310. The van der Waals surface area contributed by atoms with Crippen LogP contribution in [0, 0.1) is 5.92 Å². The highest BCUT2D eigenvalue weighted by Gasteiger charge is 2.31. The Balaban J connectivity index is 1.70. The Morgan fingerprint density at radius 1 is 1.29 bits per heavy atom. The van der Waals surface area contributed by atoms with Crippen LogP contribution in [-0.2, 0) is 9.53 Å². The summed E-state index contributed by atoms with van der Waals surface area (Å²) in [6.45, 7) is 1.91. The van der Waals surface area contributed by atoms with E-state index in [0.717, 1.165) is 45.4 Å². The molecule has 0 unspecified atom stereocenters. The molecule has 2 aliphatic heterocycles. The van der Waals surface area contributed by atoms with E-state index >= 15 is 0 Å². The molecule has 2 rings (SSSR count). The number of ether oxygens (including phenoxy) is 1. The van der Waals surface area contributed by atoms with Crippen LogP contribution in [0.4, 0.5) is 13.2 Å². The number of hydrogen-bond donors (Lipinski definition) is 1. The molecule has 0 aromatic rings. The number of likely N-dealkylation sites (tertiary alicyclic amines) is 1. The lowest BCUT2D eigenvalue weighted by molar-refractivity contribution is -0.141. The maximum atomic E-state index is 12.1. The van der Waals surface area contributed by atoms with E-state index in [0.29, 0.717) is 19.1 Å². The first-order valence-electron chi connectivity index (χ1n) is 7.62. The molecule has 2 saturated heterocycles. The van der Waals surface area contributed by atoms with Gasteiger partial charge in [-0.2, -0.15) is 13.2 Å². The number of carbonyl (C=O) groups is 1. The van der Waals surface area contributed by atoms with E-state index < -0.39 is 18.6 Å². The fourth-order valence-electron chi connectivity index (χ4n) is 3.00. The highest BCUT2D eigenvalue weighted by atomic mass is 19.4. The van der Waals surface area contributed by atoms with Gasteiger partial charge in [0, 0.05) is 19.7 Å². The standard InChI is InChI=1S/C14H23F3N2O2/c15-14(16,17)10-18-13(20)11-3-1-6-19(9-11)7-5-12-4-2-8-21-12/h11-12H,1-10H2,(H,18,20)/t11-,12-/m0/s1. The summed E-state index contributed by atoms with van der Waals surface area (Å²) >= 11 is 0. The van der Waals surface area contributed by atoms with Gasteiger partial charge in [-0.3, -0.25) is 4.79 Å². The fourth-order valence-corrected chi connectivity index (χ4v) is 3.00. The largest absolute Gasteiger partial charge is 0.405 e. The molecule has 1 N–H and O–H groups in total. The summed E-state index contributed by atoms with van der Waals surface area (Å²) in [6.07, 6.45) is 0.622. The highest BCUT2D eigenvalue weighted by Crippen LogP contribution is 2.20. The molecule has 0 radical (unpaired) electrons. The lowest BCUT2D eigenvalue weighted by atomic mass is 9.96. The molecule has 2 fully saturated rings. The first-order valence-corrected chi connectivity index (χ1v) is 7.62. The first-order chi connectivity index (χ1) is 9.94. The van der Waals surface area contributed by atoms with Gasteiger partial charge in [-0.15, -0.1) is 0 Å². The summed E-state index contributed by atoms with van der Waals surface area (Å²) in [6, 6.07) is 0. The number of amides is 1. The summed E-state index contributed by atoms with van der Waals surface area (Å²) in [5.41, 5.74) is 0. The second-order valence-corrected chi connectivity index (χ2v) is 5.90. The Bertz CT molecular complexity index is 344. The molecule has 4 nitrogen and oxygen atoms in total. The van der Waals surface area contributed by atoms with Gasteiger partial charge in [0.05, 0.1) is 12.0 Å². The maximum Gasteiger partial charge on any atom is 0.405 e. The van der Waals surface area contributed by atoms with Crippen LogP contribution in [-0.4, -0.2) is 55.9 Å². The van der Waals surface area contributed by atoms with Gasteiger partial charge < -0.3 is 15.0 Å². The Labute approximate surface area is 123 Å². The van der Waals surface area contributed by atoms with Crippen molar-refractivity contribution in [2.24, 2.45) is 5.92 Å². The Morgan fingerprint density at radius 2 is 2.10 bits per heavy atom. The molecule has 2 heterocycles. The SMILES string of the molecule is O=C(NCC(F)(F)F)[C@H]1CCCN(CC[C@@H]2CCCO2)C1. The number of carbonyl (C=O) groups excluding carboxylic acids is 1. The number of piperidine rings is 1. The van der Waals surface area contributed by atoms with Gasteiger partial charge in [0.1, 0.15) is 6.54 Å². The van der Waals surface area contributed by atoms with Gasteiger partial charge in [-0.1, -0.05) is 0 Å². The topological polar surface area (TPSA) is 41.6 Å². The van der Waals surface area contributed by atoms with Crippen LogP contribution >= 0.6 is 0 Å². The number of halogens is 3. The number of nitrogens with one attached hydrogen (secondary N) is 1. The third-order valence-electron chi connectivity index (χ3n) is 4.13. The molecule has 7 heteroatoms. The maximum absolute atomic E-state index is 12.1. The van der Waals surface area contributed by atoms with Gasteiger partial charge in [0.25, 0.3) is 0 Å². The number of hydrogen-bond acceptors (Lipinski definition) is 3. The number of rotatable bonds is 5. The van der Waals surface area contributed by atoms with Gasteiger partial charge >= 0.3 is 6.18 Å². The summed E-state index contributed by atoms with van der Waals surface area (Å²) in [4.78, 5) is 14.0. The average Bonchev–Trinajstić information content (AvgIpc) is 2.95. The summed E-state index contributed by atoms with van der Waals surface area (Å²) in [7, 11) is 0. The van der Waals surface area contributed by atoms with Gasteiger partial charge in [0.15, 0.2) is 0 Å². The van der Waals surface area contributed by atoms with E-state index in [1.807, 2.05) is 5.32 Å². The van der Waals surface area contributed by atoms with E-state index in [9.17, 15) is 18.0 Å². The summed E-state index contributed by atoms with van der Waals surface area (Å²) in [5.74, 6) is -0.806. The molecule has 0 aromatic carbocycles. The molecule has 0 saturated carbocycles. The molecular formula is C14H23F3N2O2. The molecule has 0 spiro atoms. The van der Waals surface area contributed by atoms with Crippen molar-refractivity contribution in [1.82, 2.24) is 10.2 Å². The van der Waals surface area contributed by atoms with Gasteiger partial charge in [0.2, 0.25) is 5.91 Å². The Kier molecular flexibility index (Phi) is 5.87. The van der Waals surface area contributed by atoms with Crippen LogP contribution < -0.4 is 5.32 Å². The zero-order chi connectivity index (χ0) is 15.3. The number of nitrogens with zero attached hydrogens (tertiary/aromatic N) is 1. The van der Waals surface area contributed by atoms with Crippen LogP contribution in [0.15, 0.2) is 0 Å². The molecule has 0 aromatic heterocycles. The van der Waals surface area contributed by atoms with Crippen molar-refractivity contribution in [3.63, 3.8) is 0 Å². The Morgan fingerprint density at radius 3 is 2.76 bits per heavy atom. The molecule has 2 atom stereocenters. The third kappa shape index (κ3) is 5.82. The van der Waals surface area contributed by atoms with Gasteiger partial charge in [-0.25, -0.2) is 0 Å². The van der Waals surface area contributed by atoms with Crippen molar-refractivity contribution in [2.45, 2.75) is 44.4 Å². The van der Waals surface area contributed by atoms with Crippen molar-refractivity contribution in [1.29, 1.82) is 0 Å².